The maximum atomic E-state index is 12.8. The highest BCUT2D eigenvalue weighted by Crippen LogP contribution is 2.16. The SMILES string of the molecule is C=Cn1c(C)c(NC(=O)CCCC(=O)NCC)c(=O)n1-c1ccccc1. The number of carbonyl (C=O) groups excluding carboxylic acids is 2. The van der Waals surface area contributed by atoms with E-state index >= 15 is 0 Å². The van der Waals surface area contributed by atoms with Gasteiger partial charge in [-0.1, -0.05) is 24.8 Å². The summed E-state index contributed by atoms with van der Waals surface area (Å²) in [5.41, 5.74) is 1.16. The van der Waals surface area contributed by atoms with Gasteiger partial charge in [-0.2, -0.15) is 0 Å². The van der Waals surface area contributed by atoms with Crippen LogP contribution in [0.2, 0.25) is 0 Å². The topological polar surface area (TPSA) is 85.1 Å². The molecule has 0 aliphatic heterocycles. The van der Waals surface area contributed by atoms with E-state index in [1.54, 1.807) is 23.7 Å². The first-order chi connectivity index (χ1) is 12.5. The first-order valence-electron chi connectivity index (χ1n) is 8.58. The number of carbonyl (C=O) groups is 2. The van der Waals surface area contributed by atoms with Gasteiger partial charge < -0.3 is 10.6 Å². The summed E-state index contributed by atoms with van der Waals surface area (Å²) in [5, 5.41) is 5.36. The van der Waals surface area contributed by atoms with E-state index < -0.39 is 0 Å². The van der Waals surface area contributed by atoms with E-state index in [4.69, 9.17) is 0 Å². The first kappa shape index (κ1) is 19.2. The third kappa shape index (κ3) is 4.30. The van der Waals surface area contributed by atoms with E-state index in [0.29, 0.717) is 24.3 Å². The summed E-state index contributed by atoms with van der Waals surface area (Å²) in [6, 6.07) is 9.13. The van der Waals surface area contributed by atoms with Gasteiger partial charge in [0, 0.05) is 25.6 Å². The van der Waals surface area contributed by atoms with E-state index in [1.807, 2.05) is 25.1 Å². The molecule has 0 radical (unpaired) electrons. The molecule has 7 heteroatoms. The van der Waals surface area contributed by atoms with Crippen LogP contribution in [0.3, 0.4) is 0 Å². The molecule has 0 spiro atoms. The van der Waals surface area contributed by atoms with Gasteiger partial charge in [-0.25, -0.2) is 4.68 Å². The van der Waals surface area contributed by atoms with Crippen LogP contribution in [0, 0.1) is 6.92 Å². The van der Waals surface area contributed by atoms with Crippen LogP contribution in [0.25, 0.3) is 11.9 Å². The van der Waals surface area contributed by atoms with Gasteiger partial charge in [0.15, 0.2) is 0 Å². The maximum Gasteiger partial charge on any atom is 0.295 e. The number of rotatable bonds is 8. The highest BCUT2D eigenvalue weighted by atomic mass is 16.2. The van der Waals surface area contributed by atoms with Crippen molar-refractivity contribution in [3.05, 3.63) is 53.0 Å². The fraction of sp³-hybridized carbons (Fsp3) is 0.316. The van der Waals surface area contributed by atoms with Crippen molar-refractivity contribution in [3.63, 3.8) is 0 Å². The second-order valence-corrected chi connectivity index (χ2v) is 5.80. The zero-order valence-corrected chi connectivity index (χ0v) is 15.1. The Morgan fingerprint density at radius 2 is 1.81 bits per heavy atom. The van der Waals surface area contributed by atoms with Gasteiger partial charge in [0.2, 0.25) is 11.8 Å². The molecule has 0 saturated carbocycles. The molecule has 0 unspecified atom stereocenters. The Labute approximate surface area is 152 Å². The van der Waals surface area contributed by atoms with Crippen molar-refractivity contribution in [2.45, 2.75) is 33.1 Å². The highest BCUT2D eigenvalue weighted by molar-refractivity contribution is 5.91. The molecule has 2 aromatic rings. The minimum absolute atomic E-state index is 0.0827. The van der Waals surface area contributed by atoms with Crippen molar-refractivity contribution in [1.82, 2.24) is 14.7 Å². The van der Waals surface area contributed by atoms with Crippen LogP contribution in [0.5, 0.6) is 0 Å². The average molecular weight is 356 g/mol. The lowest BCUT2D eigenvalue weighted by Gasteiger charge is -2.08. The summed E-state index contributed by atoms with van der Waals surface area (Å²) in [5.74, 6) is -0.378. The third-order valence-corrected chi connectivity index (χ3v) is 3.95. The van der Waals surface area contributed by atoms with Gasteiger partial charge in [0.05, 0.1) is 11.4 Å². The van der Waals surface area contributed by atoms with Crippen LogP contribution in [-0.4, -0.2) is 27.7 Å². The molecule has 0 aliphatic carbocycles. The number of benzene rings is 1. The Balaban J connectivity index is 2.16. The lowest BCUT2D eigenvalue weighted by Crippen LogP contribution is -2.24. The van der Waals surface area contributed by atoms with Crippen LogP contribution in [0.4, 0.5) is 5.69 Å². The summed E-state index contributed by atoms with van der Waals surface area (Å²) in [6.07, 6.45) is 2.39. The Hall–Kier alpha value is -3.09. The number of nitrogens with zero attached hydrogens (tertiary/aromatic N) is 2. The van der Waals surface area contributed by atoms with Gasteiger partial charge in [-0.3, -0.25) is 19.1 Å². The molecule has 0 fully saturated rings. The lowest BCUT2D eigenvalue weighted by atomic mass is 10.2. The normalized spacial score (nSPS) is 10.4. The first-order valence-corrected chi connectivity index (χ1v) is 8.58. The molecular formula is C19H24N4O3. The second kappa shape index (κ2) is 8.84. The number of hydrogen-bond donors (Lipinski definition) is 2. The summed E-state index contributed by atoms with van der Waals surface area (Å²) < 4.78 is 3.05. The quantitative estimate of drug-likeness (QED) is 0.761. The van der Waals surface area contributed by atoms with Crippen molar-refractivity contribution in [2.24, 2.45) is 0 Å². The largest absolute Gasteiger partial charge is 0.356 e. The number of aromatic nitrogens is 2. The molecule has 138 valence electrons. The fourth-order valence-corrected chi connectivity index (χ4v) is 2.69. The molecule has 1 heterocycles. The minimum atomic E-state index is -0.328. The highest BCUT2D eigenvalue weighted by Gasteiger charge is 2.18. The van der Waals surface area contributed by atoms with Gasteiger partial charge in [-0.15, -0.1) is 0 Å². The van der Waals surface area contributed by atoms with Gasteiger partial charge in [-0.05, 0) is 32.4 Å². The molecule has 0 atom stereocenters. The Morgan fingerprint density at radius 3 is 2.42 bits per heavy atom. The third-order valence-electron chi connectivity index (χ3n) is 3.95. The van der Waals surface area contributed by atoms with E-state index in [9.17, 15) is 14.4 Å². The van der Waals surface area contributed by atoms with Crippen molar-refractivity contribution < 1.29 is 9.59 Å². The molecule has 1 aromatic heterocycles. The molecule has 0 saturated heterocycles. The van der Waals surface area contributed by atoms with Crippen molar-refractivity contribution in [3.8, 4) is 5.69 Å². The van der Waals surface area contributed by atoms with Crippen LogP contribution in [-0.2, 0) is 9.59 Å². The van der Waals surface area contributed by atoms with Crippen molar-refractivity contribution >= 4 is 23.7 Å². The zero-order chi connectivity index (χ0) is 19.1. The molecule has 2 amide bonds. The summed E-state index contributed by atoms with van der Waals surface area (Å²) in [4.78, 5) is 36.4. The van der Waals surface area contributed by atoms with Crippen LogP contribution in [0.1, 0.15) is 31.9 Å². The lowest BCUT2D eigenvalue weighted by molar-refractivity contribution is -0.121. The van der Waals surface area contributed by atoms with E-state index in [2.05, 4.69) is 17.2 Å². The maximum absolute atomic E-state index is 12.8. The summed E-state index contributed by atoms with van der Waals surface area (Å²) in [6.45, 7) is 7.90. The number of amides is 2. The fourth-order valence-electron chi connectivity index (χ4n) is 2.69. The van der Waals surface area contributed by atoms with Crippen LogP contribution in [0.15, 0.2) is 41.7 Å². The number of nitrogens with one attached hydrogen (secondary N) is 2. The number of anilines is 1. The average Bonchev–Trinajstić information content (AvgIpc) is 2.86. The Morgan fingerprint density at radius 1 is 1.15 bits per heavy atom. The van der Waals surface area contributed by atoms with Gasteiger partial charge in [0.25, 0.3) is 5.56 Å². The monoisotopic (exact) mass is 356 g/mol. The van der Waals surface area contributed by atoms with Crippen molar-refractivity contribution in [1.29, 1.82) is 0 Å². The molecule has 0 aliphatic rings. The van der Waals surface area contributed by atoms with Crippen LogP contribution < -0.4 is 16.2 Å². The van der Waals surface area contributed by atoms with Gasteiger partial charge >= 0.3 is 0 Å². The molecule has 0 bridgehead atoms. The standard InChI is InChI=1S/C19H24N4O3/c1-4-20-16(24)12-9-13-17(25)21-18-14(3)22(5-2)23(19(18)26)15-10-7-6-8-11-15/h5-8,10-11H,2,4,9,12-13H2,1,3H3,(H,20,24)(H,21,25). The van der Waals surface area contributed by atoms with Crippen LogP contribution >= 0.6 is 0 Å². The van der Waals surface area contributed by atoms with E-state index in [1.165, 1.54) is 10.9 Å². The van der Waals surface area contributed by atoms with Gasteiger partial charge in [0.1, 0.15) is 5.69 Å². The molecule has 1 aromatic carbocycles. The molecular weight excluding hydrogens is 332 g/mol. The van der Waals surface area contributed by atoms with E-state index in [0.717, 1.165) is 0 Å². The predicted molar refractivity (Wildman–Crippen MR) is 102 cm³/mol. The minimum Gasteiger partial charge on any atom is -0.356 e. The summed E-state index contributed by atoms with van der Waals surface area (Å²) in [7, 11) is 0. The van der Waals surface area contributed by atoms with E-state index in [-0.39, 0.29) is 35.9 Å². The molecule has 2 rings (SSSR count). The number of hydrogen-bond acceptors (Lipinski definition) is 3. The zero-order valence-electron chi connectivity index (χ0n) is 15.1. The molecule has 2 N–H and O–H groups in total. The number of para-hydroxylation sites is 1. The second-order valence-electron chi connectivity index (χ2n) is 5.80. The van der Waals surface area contributed by atoms with Crippen molar-refractivity contribution in [2.75, 3.05) is 11.9 Å². The molecule has 7 nitrogen and oxygen atoms in total. The predicted octanol–water partition coefficient (Wildman–Crippen LogP) is 2.29. The Kier molecular flexibility index (Phi) is 6.54. The smallest absolute Gasteiger partial charge is 0.295 e. The summed E-state index contributed by atoms with van der Waals surface area (Å²) >= 11 is 0. The Bertz CT molecular complexity index is 850. The molecule has 26 heavy (non-hydrogen) atoms.